The molecule has 0 bridgehead atoms. The Labute approximate surface area is 123 Å². The van der Waals surface area contributed by atoms with Crippen molar-refractivity contribution in [3.05, 3.63) is 47.2 Å². The Kier molecular flexibility index (Phi) is 2.59. The second kappa shape index (κ2) is 4.48. The zero-order valence-electron chi connectivity index (χ0n) is 11.2. The van der Waals surface area contributed by atoms with Gasteiger partial charge in [0.15, 0.2) is 0 Å². The predicted molar refractivity (Wildman–Crippen MR) is 68.6 cm³/mol. The monoisotopic (exact) mass is 299 g/mol. The molecule has 0 radical (unpaired) electrons. The molecule has 1 aromatic carbocycles. The number of nitrogens with zero attached hydrogens (tertiary/aromatic N) is 3. The Morgan fingerprint density at radius 2 is 1.77 bits per heavy atom. The first-order valence-electron chi connectivity index (χ1n) is 6.68. The van der Waals surface area contributed by atoms with E-state index >= 15 is 0 Å². The highest BCUT2D eigenvalue weighted by molar-refractivity contribution is 6.21. The number of fused-ring (bicyclic) bond motifs is 1. The lowest BCUT2D eigenvalue weighted by Crippen LogP contribution is -2.32. The van der Waals surface area contributed by atoms with E-state index in [4.69, 9.17) is 9.25 Å². The SMILES string of the molecule is O=C(ON1C(=O)c2ccccc2C1=O)c1nnc(C2CC2)o1. The summed E-state index contributed by atoms with van der Waals surface area (Å²) in [6.45, 7) is 0. The molecule has 1 fully saturated rings. The first-order valence-corrected chi connectivity index (χ1v) is 6.68. The van der Waals surface area contributed by atoms with Crippen LogP contribution in [0.25, 0.3) is 0 Å². The Bertz CT molecular complexity index is 773. The van der Waals surface area contributed by atoms with Crippen molar-refractivity contribution in [3.8, 4) is 0 Å². The molecule has 8 heteroatoms. The highest BCUT2D eigenvalue weighted by Gasteiger charge is 2.40. The lowest BCUT2D eigenvalue weighted by molar-refractivity contribution is -0.0609. The summed E-state index contributed by atoms with van der Waals surface area (Å²) >= 11 is 0. The van der Waals surface area contributed by atoms with Crippen LogP contribution in [0.1, 0.15) is 56.1 Å². The minimum Gasteiger partial charge on any atom is -0.415 e. The molecule has 1 saturated carbocycles. The fraction of sp³-hybridized carbons (Fsp3) is 0.214. The van der Waals surface area contributed by atoms with Gasteiger partial charge in [0.05, 0.1) is 11.1 Å². The van der Waals surface area contributed by atoms with Crippen LogP contribution in [0, 0.1) is 0 Å². The van der Waals surface area contributed by atoms with E-state index in [0.717, 1.165) is 12.8 Å². The number of hydrogen-bond donors (Lipinski definition) is 0. The van der Waals surface area contributed by atoms with Gasteiger partial charge in [0.25, 0.3) is 11.8 Å². The summed E-state index contributed by atoms with van der Waals surface area (Å²) < 4.78 is 5.18. The van der Waals surface area contributed by atoms with Gasteiger partial charge in [-0.1, -0.05) is 17.2 Å². The second-order valence-electron chi connectivity index (χ2n) is 5.05. The number of benzene rings is 1. The summed E-state index contributed by atoms with van der Waals surface area (Å²) in [7, 11) is 0. The van der Waals surface area contributed by atoms with Crippen molar-refractivity contribution in [2.45, 2.75) is 18.8 Å². The Hall–Kier alpha value is -3.03. The van der Waals surface area contributed by atoms with Crippen molar-refractivity contribution >= 4 is 17.8 Å². The Morgan fingerprint density at radius 1 is 1.14 bits per heavy atom. The van der Waals surface area contributed by atoms with Gasteiger partial charge < -0.3 is 9.25 Å². The third-order valence-electron chi connectivity index (χ3n) is 3.47. The quantitative estimate of drug-likeness (QED) is 0.787. The number of carbonyl (C=O) groups excluding carboxylic acids is 3. The minimum absolute atomic E-state index is 0.185. The number of aromatic nitrogens is 2. The zero-order valence-corrected chi connectivity index (χ0v) is 11.2. The van der Waals surface area contributed by atoms with Crippen molar-refractivity contribution in [2.75, 3.05) is 0 Å². The molecule has 22 heavy (non-hydrogen) atoms. The van der Waals surface area contributed by atoms with Gasteiger partial charge in [0, 0.05) is 5.92 Å². The molecule has 2 aromatic rings. The van der Waals surface area contributed by atoms with Gasteiger partial charge in [0.2, 0.25) is 5.89 Å². The Morgan fingerprint density at radius 3 is 2.36 bits per heavy atom. The molecule has 1 aliphatic heterocycles. The summed E-state index contributed by atoms with van der Waals surface area (Å²) in [4.78, 5) is 40.9. The number of hydroxylamine groups is 2. The summed E-state index contributed by atoms with van der Waals surface area (Å²) in [5.74, 6) is -2.25. The van der Waals surface area contributed by atoms with Crippen LogP contribution in [0.5, 0.6) is 0 Å². The van der Waals surface area contributed by atoms with E-state index < -0.39 is 17.8 Å². The first-order chi connectivity index (χ1) is 10.6. The molecule has 4 rings (SSSR count). The molecule has 1 aromatic heterocycles. The average Bonchev–Trinajstić information content (AvgIpc) is 3.22. The van der Waals surface area contributed by atoms with E-state index in [-0.39, 0.29) is 22.9 Å². The number of amides is 2. The van der Waals surface area contributed by atoms with Gasteiger partial charge in [-0.05, 0) is 25.0 Å². The van der Waals surface area contributed by atoms with Crippen LogP contribution in [-0.4, -0.2) is 33.0 Å². The molecule has 1 aliphatic carbocycles. The summed E-state index contributed by atoms with van der Waals surface area (Å²) in [6, 6.07) is 6.22. The highest BCUT2D eigenvalue weighted by atomic mass is 16.7. The van der Waals surface area contributed by atoms with E-state index in [1.165, 1.54) is 12.1 Å². The third kappa shape index (κ3) is 1.88. The summed E-state index contributed by atoms with van der Waals surface area (Å²) in [5, 5.41) is 7.73. The van der Waals surface area contributed by atoms with Crippen molar-refractivity contribution in [3.63, 3.8) is 0 Å². The van der Waals surface area contributed by atoms with Crippen molar-refractivity contribution < 1.29 is 23.6 Å². The van der Waals surface area contributed by atoms with Crippen LogP contribution < -0.4 is 0 Å². The van der Waals surface area contributed by atoms with Gasteiger partial charge in [-0.25, -0.2) is 4.79 Å². The van der Waals surface area contributed by atoms with Gasteiger partial charge in [-0.15, -0.1) is 10.2 Å². The second-order valence-corrected chi connectivity index (χ2v) is 5.05. The van der Waals surface area contributed by atoms with Crippen LogP contribution in [-0.2, 0) is 4.84 Å². The van der Waals surface area contributed by atoms with Gasteiger partial charge >= 0.3 is 11.9 Å². The smallest absolute Gasteiger partial charge is 0.415 e. The summed E-state index contributed by atoms with van der Waals surface area (Å²) in [6.07, 6.45) is 1.88. The standard InChI is InChI=1S/C14H9N3O5/c18-12-8-3-1-2-4-9(8)13(19)17(12)22-14(20)11-16-15-10(21-11)7-5-6-7/h1-4,7H,5-6H2. The predicted octanol–water partition coefficient (Wildman–Crippen LogP) is 1.31. The van der Waals surface area contributed by atoms with Crippen LogP contribution in [0.15, 0.2) is 28.7 Å². The van der Waals surface area contributed by atoms with E-state index in [9.17, 15) is 14.4 Å². The van der Waals surface area contributed by atoms with Gasteiger partial charge in [0.1, 0.15) is 0 Å². The average molecular weight is 299 g/mol. The molecule has 8 nitrogen and oxygen atoms in total. The van der Waals surface area contributed by atoms with Gasteiger partial charge in [-0.2, -0.15) is 0 Å². The third-order valence-corrected chi connectivity index (χ3v) is 3.47. The molecule has 0 spiro atoms. The molecule has 110 valence electrons. The van der Waals surface area contributed by atoms with E-state index in [0.29, 0.717) is 11.0 Å². The van der Waals surface area contributed by atoms with E-state index in [1.54, 1.807) is 12.1 Å². The lowest BCUT2D eigenvalue weighted by Gasteiger charge is -2.10. The molecule has 0 atom stereocenters. The highest BCUT2D eigenvalue weighted by Crippen LogP contribution is 2.39. The fourth-order valence-corrected chi connectivity index (χ4v) is 2.18. The molecule has 0 N–H and O–H groups in total. The van der Waals surface area contributed by atoms with Crippen LogP contribution >= 0.6 is 0 Å². The molecular weight excluding hydrogens is 290 g/mol. The molecule has 2 amide bonds. The van der Waals surface area contributed by atoms with Crippen molar-refractivity contribution in [1.29, 1.82) is 0 Å². The number of imide groups is 1. The molecule has 0 unspecified atom stereocenters. The molecule has 0 saturated heterocycles. The van der Waals surface area contributed by atoms with Crippen molar-refractivity contribution in [2.24, 2.45) is 0 Å². The van der Waals surface area contributed by atoms with Crippen molar-refractivity contribution in [1.82, 2.24) is 15.3 Å². The minimum atomic E-state index is -1.03. The maximum Gasteiger partial charge on any atom is 0.421 e. The zero-order chi connectivity index (χ0) is 15.3. The molecular formula is C14H9N3O5. The maximum absolute atomic E-state index is 12.1. The molecule has 2 aliphatic rings. The van der Waals surface area contributed by atoms with Crippen LogP contribution in [0.2, 0.25) is 0 Å². The first kappa shape index (κ1) is 12.7. The van der Waals surface area contributed by atoms with Crippen LogP contribution in [0.3, 0.4) is 0 Å². The number of rotatable bonds is 3. The largest absolute Gasteiger partial charge is 0.421 e. The topological polar surface area (TPSA) is 103 Å². The number of hydrogen-bond acceptors (Lipinski definition) is 7. The molecule has 2 heterocycles. The maximum atomic E-state index is 12.1. The lowest BCUT2D eigenvalue weighted by atomic mass is 10.1. The van der Waals surface area contributed by atoms with Crippen LogP contribution in [0.4, 0.5) is 0 Å². The Balaban J connectivity index is 1.55. The normalized spacial score (nSPS) is 16.8. The van der Waals surface area contributed by atoms with E-state index in [1.807, 2.05) is 0 Å². The summed E-state index contributed by atoms with van der Waals surface area (Å²) in [5.41, 5.74) is 0.369. The van der Waals surface area contributed by atoms with E-state index in [2.05, 4.69) is 10.2 Å². The fourth-order valence-electron chi connectivity index (χ4n) is 2.18. The van der Waals surface area contributed by atoms with Gasteiger partial charge in [-0.3, -0.25) is 9.59 Å². The number of carbonyl (C=O) groups is 3.